The van der Waals surface area contributed by atoms with Gasteiger partial charge in [-0.15, -0.1) is 0 Å². The summed E-state index contributed by atoms with van der Waals surface area (Å²) in [5, 5.41) is 3.77. The molecular formula is C17H23N3O3S. The Hall–Kier alpha value is -1.70. The number of hydrogen-bond donors (Lipinski definition) is 1. The standard InChI is InChI=1S/C17H23N3O3S/c1-13-16(14(2)23-19-13)24(21,22)20-10-8-17(12-18,9-11-20)15-6-4-3-5-7-15/h3-7H,8-12,18H2,1-2H3. The van der Waals surface area contributed by atoms with E-state index in [1.807, 2.05) is 18.2 Å². The predicted molar refractivity (Wildman–Crippen MR) is 91.1 cm³/mol. The molecule has 3 rings (SSSR count). The van der Waals surface area contributed by atoms with Crippen LogP contribution in [0.25, 0.3) is 0 Å². The molecule has 130 valence electrons. The van der Waals surface area contributed by atoms with E-state index in [9.17, 15) is 8.42 Å². The highest BCUT2D eigenvalue weighted by molar-refractivity contribution is 7.89. The minimum atomic E-state index is -3.58. The number of piperidine rings is 1. The van der Waals surface area contributed by atoms with Crippen LogP contribution in [-0.2, 0) is 15.4 Å². The summed E-state index contributed by atoms with van der Waals surface area (Å²) in [6.07, 6.45) is 1.41. The van der Waals surface area contributed by atoms with Crippen molar-refractivity contribution in [2.24, 2.45) is 5.73 Å². The van der Waals surface area contributed by atoms with Gasteiger partial charge in [-0.25, -0.2) is 8.42 Å². The molecule has 1 aromatic carbocycles. The van der Waals surface area contributed by atoms with Crippen molar-refractivity contribution < 1.29 is 12.9 Å². The van der Waals surface area contributed by atoms with E-state index in [2.05, 4.69) is 17.3 Å². The van der Waals surface area contributed by atoms with Crippen LogP contribution in [0.4, 0.5) is 0 Å². The van der Waals surface area contributed by atoms with Gasteiger partial charge in [0.25, 0.3) is 0 Å². The van der Waals surface area contributed by atoms with Gasteiger partial charge in [0.2, 0.25) is 10.0 Å². The maximum Gasteiger partial charge on any atom is 0.248 e. The van der Waals surface area contributed by atoms with Gasteiger partial charge in [-0.2, -0.15) is 4.31 Å². The van der Waals surface area contributed by atoms with Crippen molar-refractivity contribution in [3.05, 3.63) is 47.3 Å². The summed E-state index contributed by atoms with van der Waals surface area (Å²) in [4.78, 5) is 0.197. The maximum atomic E-state index is 12.9. The van der Waals surface area contributed by atoms with Crippen LogP contribution in [0, 0.1) is 13.8 Å². The lowest BCUT2D eigenvalue weighted by molar-refractivity contribution is 0.237. The average Bonchev–Trinajstić information content (AvgIpc) is 2.95. The van der Waals surface area contributed by atoms with Crippen LogP contribution in [0.3, 0.4) is 0 Å². The number of aromatic nitrogens is 1. The fourth-order valence-corrected chi connectivity index (χ4v) is 5.26. The highest BCUT2D eigenvalue weighted by Gasteiger charge is 2.40. The van der Waals surface area contributed by atoms with Crippen LogP contribution >= 0.6 is 0 Å². The Morgan fingerprint density at radius 2 is 1.83 bits per heavy atom. The minimum absolute atomic E-state index is 0.161. The van der Waals surface area contributed by atoms with E-state index in [-0.39, 0.29) is 10.3 Å². The molecule has 1 fully saturated rings. The number of hydrogen-bond acceptors (Lipinski definition) is 5. The van der Waals surface area contributed by atoms with Gasteiger partial charge in [-0.1, -0.05) is 35.5 Å². The second-order valence-corrected chi connectivity index (χ2v) is 8.28. The van der Waals surface area contributed by atoms with Gasteiger partial charge in [0.1, 0.15) is 10.6 Å². The summed E-state index contributed by atoms with van der Waals surface area (Å²) in [5.74, 6) is 0.339. The number of aryl methyl sites for hydroxylation is 2. The molecule has 0 spiro atoms. The molecule has 7 heteroatoms. The molecule has 6 nitrogen and oxygen atoms in total. The van der Waals surface area contributed by atoms with E-state index in [0.717, 1.165) is 0 Å². The Bertz CT molecular complexity index is 787. The summed E-state index contributed by atoms with van der Waals surface area (Å²) >= 11 is 0. The molecule has 0 saturated carbocycles. The van der Waals surface area contributed by atoms with Gasteiger partial charge in [-0.05, 0) is 32.3 Å². The fourth-order valence-electron chi connectivity index (χ4n) is 3.53. The van der Waals surface area contributed by atoms with E-state index < -0.39 is 10.0 Å². The van der Waals surface area contributed by atoms with Gasteiger partial charge < -0.3 is 10.3 Å². The van der Waals surface area contributed by atoms with Crippen molar-refractivity contribution in [2.75, 3.05) is 19.6 Å². The minimum Gasteiger partial charge on any atom is -0.360 e. The summed E-state index contributed by atoms with van der Waals surface area (Å²) in [5.41, 5.74) is 7.50. The topological polar surface area (TPSA) is 89.4 Å². The Morgan fingerprint density at radius 3 is 2.33 bits per heavy atom. The first-order valence-electron chi connectivity index (χ1n) is 8.09. The van der Waals surface area contributed by atoms with E-state index >= 15 is 0 Å². The van der Waals surface area contributed by atoms with E-state index in [4.69, 9.17) is 10.3 Å². The van der Waals surface area contributed by atoms with Crippen molar-refractivity contribution in [3.8, 4) is 0 Å². The second kappa shape index (κ2) is 6.31. The highest BCUT2D eigenvalue weighted by Crippen LogP contribution is 2.36. The molecule has 2 heterocycles. The molecule has 0 radical (unpaired) electrons. The lowest BCUT2D eigenvalue weighted by atomic mass is 9.73. The molecule has 2 aromatic rings. The monoisotopic (exact) mass is 349 g/mol. The maximum absolute atomic E-state index is 12.9. The molecule has 1 aromatic heterocycles. The SMILES string of the molecule is Cc1noc(C)c1S(=O)(=O)N1CCC(CN)(c2ccccc2)CC1. The third kappa shape index (κ3) is 2.76. The zero-order chi connectivity index (χ0) is 17.4. The van der Waals surface area contributed by atoms with Crippen LogP contribution in [0.15, 0.2) is 39.8 Å². The number of rotatable bonds is 4. The molecule has 2 N–H and O–H groups in total. The van der Waals surface area contributed by atoms with E-state index in [1.165, 1.54) is 9.87 Å². The van der Waals surface area contributed by atoms with Gasteiger partial charge >= 0.3 is 0 Å². The van der Waals surface area contributed by atoms with Crippen molar-refractivity contribution in [1.29, 1.82) is 0 Å². The molecule has 0 amide bonds. The normalized spacial score (nSPS) is 18.6. The predicted octanol–water partition coefficient (Wildman–Crippen LogP) is 1.97. The molecule has 0 bridgehead atoms. The molecule has 0 atom stereocenters. The van der Waals surface area contributed by atoms with Gasteiger partial charge in [0.15, 0.2) is 5.76 Å². The molecule has 24 heavy (non-hydrogen) atoms. The first-order valence-corrected chi connectivity index (χ1v) is 9.53. The Kier molecular flexibility index (Phi) is 4.50. The van der Waals surface area contributed by atoms with Gasteiger partial charge in [-0.3, -0.25) is 0 Å². The molecule has 1 saturated heterocycles. The summed E-state index contributed by atoms with van der Waals surface area (Å²) in [7, 11) is -3.58. The smallest absolute Gasteiger partial charge is 0.248 e. The Balaban J connectivity index is 1.85. The summed E-state index contributed by atoms with van der Waals surface area (Å²) in [6, 6.07) is 10.1. The lowest BCUT2D eigenvalue weighted by Crippen LogP contribution is -2.48. The van der Waals surface area contributed by atoms with Crippen LogP contribution in [0.2, 0.25) is 0 Å². The molecule has 0 aliphatic carbocycles. The second-order valence-electron chi connectivity index (χ2n) is 6.41. The van der Waals surface area contributed by atoms with Crippen LogP contribution < -0.4 is 5.73 Å². The molecule has 1 aliphatic rings. The summed E-state index contributed by atoms with van der Waals surface area (Å²) < 4.78 is 32.4. The average molecular weight is 349 g/mol. The third-order valence-electron chi connectivity index (χ3n) is 5.02. The molecular weight excluding hydrogens is 326 g/mol. The lowest BCUT2D eigenvalue weighted by Gasteiger charge is -2.41. The van der Waals surface area contributed by atoms with Crippen LogP contribution in [-0.4, -0.2) is 37.5 Å². The van der Waals surface area contributed by atoms with Crippen LogP contribution in [0.5, 0.6) is 0 Å². The zero-order valence-corrected chi connectivity index (χ0v) is 14.8. The first-order chi connectivity index (χ1) is 11.4. The zero-order valence-electron chi connectivity index (χ0n) is 14.0. The van der Waals surface area contributed by atoms with Crippen molar-refractivity contribution in [1.82, 2.24) is 9.46 Å². The Morgan fingerprint density at radius 1 is 1.21 bits per heavy atom. The van der Waals surface area contributed by atoms with Gasteiger partial charge in [0.05, 0.1) is 0 Å². The van der Waals surface area contributed by atoms with Crippen molar-refractivity contribution in [3.63, 3.8) is 0 Å². The first kappa shape index (κ1) is 17.1. The third-order valence-corrected chi connectivity index (χ3v) is 7.17. The van der Waals surface area contributed by atoms with Crippen LogP contribution in [0.1, 0.15) is 29.9 Å². The number of nitrogens with zero attached hydrogens (tertiary/aromatic N) is 2. The highest BCUT2D eigenvalue weighted by atomic mass is 32.2. The van der Waals surface area contributed by atoms with E-state index in [0.29, 0.717) is 43.9 Å². The summed E-state index contributed by atoms with van der Waals surface area (Å²) in [6.45, 7) is 4.68. The number of benzene rings is 1. The fraction of sp³-hybridized carbons (Fsp3) is 0.471. The Labute approximate surface area is 142 Å². The molecule has 1 aliphatic heterocycles. The van der Waals surface area contributed by atoms with Crippen molar-refractivity contribution in [2.45, 2.75) is 37.0 Å². The number of sulfonamides is 1. The number of nitrogens with two attached hydrogens (primary N) is 1. The largest absolute Gasteiger partial charge is 0.360 e. The van der Waals surface area contributed by atoms with E-state index in [1.54, 1.807) is 13.8 Å². The van der Waals surface area contributed by atoms with Crippen molar-refractivity contribution >= 4 is 10.0 Å². The van der Waals surface area contributed by atoms with Gasteiger partial charge in [0, 0.05) is 25.0 Å². The molecule has 0 unspecified atom stereocenters. The quantitative estimate of drug-likeness (QED) is 0.911.